The summed E-state index contributed by atoms with van der Waals surface area (Å²) in [4.78, 5) is 30.6. The van der Waals surface area contributed by atoms with Gasteiger partial charge in [-0.25, -0.2) is 9.67 Å². The van der Waals surface area contributed by atoms with Crippen molar-refractivity contribution in [3.05, 3.63) is 93.4 Å². The van der Waals surface area contributed by atoms with Gasteiger partial charge in [-0.2, -0.15) is 0 Å². The maximum absolute atomic E-state index is 13.3. The topological polar surface area (TPSA) is 67.8 Å². The molecule has 5 heteroatoms. The summed E-state index contributed by atoms with van der Waals surface area (Å²) in [5.41, 5.74) is 4.91. The molecule has 0 saturated heterocycles. The Balaban J connectivity index is 1.61. The number of nitrogens with zero attached hydrogens (tertiary/aromatic N) is 2. The first-order chi connectivity index (χ1) is 14.5. The van der Waals surface area contributed by atoms with Gasteiger partial charge in [0.15, 0.2) is 11.4 Å². The molecule has 5 nitrogen and oxygen atoms in total. The van der Waals surface area contributed by atoms with E-state index < -0.39 is 0 Å². The second kappa shape index (κ2) is 7.10. The molecule has 150 valence electrons. The molecule has 1 atom stereocenters. The van der Waals surface area contributed by atoms with E-state index in [9.17, 15) is 9.59 Å². The van der Waals surface area contributed by atoms with Gasteiger partial charge in [0.25, 0.3) is 5.56 Å². The van der Waals surface area contributed by atoms with Crippen molar-refractivity contribution in [1.29, 1.82) is 0 Å². The summed E-state index contributed by atoms with van der Waals surface area (Å²) in [6.45, 7) is 4.34. The normalized spacial score (nSPS) is 16.2. The number of Topliss-reactive ketones (excluding diaryl/α,β-unsaturated/α-hetero) is 1. The molecule has 30 heavy (non-hydrogen) atoms. The Morgan fingerprint density at radius 2 is 1.73 bits per heavy atom. The number of carbonyl (C=O) groups excluding carboxylic acids is 1. The van der Waals surface area contributed by atoms with Gasteiger partial charge in [-0.15, -0.1) is 0 Å². The Morgan fingerprint density at radius 1 is 1.00 bits per heavy atom. The Morgan fingerprint density at radius 3 is 2.43 bits per heavy atom. The standard InChI is InChI=1S/C25H23N3O2/c1-15(2)16-8-10-17(11-9-16)18-12-20-21(22(29)13-18)14-26-24-23(20)25(30)28(27-24)19-6-4-3-5-7-19/h3-11,14-15,18H,12-13H2,1-2H3,(H,26,27). The van der Waals surface area contributed by atoms with Crippen LogP contribution in [0.3, 0.4) is 0 Å². The van der Waals surface area contributed by atoms with Gasteiger partial charge >= 0.3 is 0 Å². The lowest BCUT2D eigenvalue weighted by Crippen LogP contribution is -2.22. The van der Waals surface area contributed by atoms with Crippen LogP contribution in [-0.2, 0) is 6.42 Å². The van der Waals surface area contributed by atoms with Crippen molar-refractivity contribution in [2.45, 2.75) is 38.5 Å². The average Bonchev–Trinajstić information content (AvgIpc) is 3.11. The highest BCUT2D eigenvalue weighted by atomic mass is 16.1. The molecule has 1 N–H and O–H groups in total. The lowest BCUT2D eigenvalue weighted by Gasteiger charge is -2.24. The number of hydrogen-bond donors (Lipinski definition) is 1. The fraction of sp³-hybridized carbons (Fsp3) is 0.240. The molecular weight excluding hydrogens is 374 g/mol. The zero-order valence-corrected chi connectivity index (χ0v) is 17.1. The maximum atomic E-state index is 13.3. The van der Waals surface area contributed by atoms with Crippen LogP contribution >= 0.6 is 0 Å². The van der Waals surface area contributed by atoms with Crippen LogP contribution in [0.4, 0.5) is 0 Å². The van der Waals surface area contributed by atoms with E-state index in [2.05, 4.69) is 48.2 Å². The zero-order valence-electron chi connectivity index (χ0n) is 17.1. The van der Waals surface area contributed by atoms with Crippen molar-refractivity contribution in [2.24, 2.45) is 0 Å². The van der Waals surface area contributed by atoms with Crippen molar-refractivity contribution >= 4 is 16.8 Å². The number of aromatic amines is 1. The van der Waals surface area contributed by atoms with E-state index in [1.807, 2.05) is 30.3 Å². The van der Waals surface area contributed by atoms with Crippen molar-refractivity contribution in [2.75, 3.05) is 0 Å². The molecule has 5 rings (SSSR count). The number of H-pyrrole nitrogens is 1. The predicted octanol–water partition coefficient (Wildman–Crippen LogP) is 4.75. The Bertz CT molecular complexity index is 1300. The second-order valence-corrected chi connectivity index (χ2v) is 8.31. The molecule has 0 radical (unpaired) electrons. The largest absolute Gasteiger partial charge is 0.294 e. The van der Waals surface area contributed by atoms with Crippen LogP contribution in [0.1, 0.15) is 59.2 Å². The van der Waals surface area contributed by atoms with Gasteiger partial charge in [0.1, 0.15) is 0 Å². The summed E-state index contributed by atoms with van der Waals surface area (Å²) in [6.07, 6.45) is 2.71. The molecule has 2 heterocycles. The molecule has 1 unspecified atom stereocenters. The summed E-state index contributed by atoms with van der Waals surface area (Å²) in [5.74, 6) is 0.585. The van der Waals surface area contributed by atoms with Gasteiger partial charge < -0.3 is 0 Å². The van der Waals surface area contributed by atoms with E-state index in [0.717, 1.165) is 16.8 Å². The molecule has 0 saturated carbocycles. The molecule has 2 aromatic heterocycles. The minimum absolute atomic E-state index is 0.0513. The monoisotopic (exact) mass is 397 g/mol. The summed E-state index contributed by atoms with van der Waals surface area (Å²) < 4.78 is 1.50. The van der Waals surface area contributed by atoms with Crippen LogP contribution in [0.5, 0.6) is 0 Å². The van der Waals surface area contributed by atoms with Gasteiger partial charge in [0.05, 0.1) is 11.1 Å². The van der Waals surface area contributed by atoms with E-state index in [1.165, 1.54) is 10.2 Å². The van der Waals surface area contributed by atoms with Crippen molar-refractivity contribution in [3.63, 3.8) is 0 Å². The minimum Gasteiger partial charge on any atom is -0.294 e. The van der Waals surface area contributed by atoms with Crippen LogP contribution in [-0.4, -0.2) is 20.5 Å². The van der Waals surface area contributed by atoms with Gasteiger partial charge in [0, 0.05) is 18.2 Å². The lowest BCUT2D eigenvalue weighted by atomic mass is 9.79. The summed E-state index contributed by atoms with van der Waals surface area (Å²) in [6, 6.07) is 17.9. The van der Waals surface area contributed by atoms with E-state index in [0.29, 0.717) is 35.4 Å². The van der Waals surface area contributed by atoms with E-state index in [4.69, 9.17) is 0 Å². The number of pyridine rings is 1. The molecule has 0 spiro atoms. The van der Waals surface area contributed by atoms with Gasteiger partial charge in [-0.05, 0) is 47.1 Å². The number of rotatable bonds is 3. The number of fused-ring (bicyclic) bond motifs is 3. The number of ketones is 1. The summed E-state index contributed by atoms with van der Waals surface area (Å²) in [5, 5.41) is 3.62. The average molecular weight is 397 g/mol. The van der Waals surface area contributed by atoms with Crippen LogP contribution in [0.15, 0.2) is 65.6 Å². The minimum atomic E-state index is -0.163. The molecule has 1 aliphatic rings. The highest BCUT2D eigenvalue weighted by molar-refractivity contribution is 6.02. The number of para-hydroxylation sites is 1. The molecule has 0 bridgehead atoms. The smallest absolute Gasteiger partial charge is 0.281 e. The maximum Gasteiger partial charge on any atom is 0.281 e. The molecular formula is C25H23N3O2. The lowest BCUT2D eigenvalue weighted by molar-refractivity contribution is 0.0964. The third-order valence-electron chi connectivity index (χ3n) is 6.09. The van der Waals surface area contributed by atoms with Gasteiger partial charge in [0.2, 0.25) is 0 Å². The second-order valence-electron chi connectivity index (χ2n) is 8.31. The highest BCUT2D eigenvalue weighted by Crippen LogP contribution is 2.35. The molecule has 1 aliphatic carbocycles. The molecule has 0 fully saturated rings. The number of hydrogen-bond acceptors (Lipinski definition) is 3. The van der Waals surface area contributed by atoms with Crippen molar-refractivity contribution < 1.29 is 4.79 Å². The van der Waals surface area contributed by atoms with Crippen molar-refractivity contribution in [3.8, 4) is 5.69 Å². The van der Waals surface area contributed by atoms with E-state index in [1.54, 1.807) is 6.20 Å². The zero-order chi connectivity index (χ0) is 20.8. The first-order valence-electron chi connectivity index (χ1n) is 10.3. The Kier molecular flexibility index (Phi) is 4.39. The van der Waals surface area contributed by atoms with Crippen LogP contribution in [0, 0.1) is 0 Å². The van der Waals surface area contributed by atoms with Crippen molar-refractivity contribution in [1.82, 2.24) is 14.8 Å². The first-order valence-corrected chi connectivity index (χ1v) is 10.3. The number of aromatic nitrogens is 3. The van der Waals surface area contributed by atoms with E-state index >= 15 is 0 Å². The molecule has 0 amide bonds. The van der Waals surface area contributed by atoms with Crippen LogP contribution < -0.4 is 5.56 Å². The van der Waals surface area contributed by atoms with Gasteiger partial charge in [-0.3, -0.25) is 14.7 Å². The summed E-state index contributed by atoms with van der Waals surface area (Å²) >= 11 is 0. The fourth-order valence-electron chi connectivity index (χ4n) is 4.39. The highest BCUT2D eigenvalue weighted by Gasteiger charge is 2.30. The van der Waals surface area contributed by atoms with Gasteiger partial charge in [-0.1, -0.05) is 56.3 Å². The van der Waals surface area contributed by atoms with Crippen LogP contribution in [0.2, 0.25) is 0 Å². The Labute approximate surface area is 174 Å². The summed E-state index contributed by atoms with van der Waals surface area (Å²) in [7, 11) is 0. The molecule has 0 aliphatic heterocycles. The van der Waals surface area contributed by atoms with E-state index in [-0.39, 0.29) is 17.3 Å². The predicted molar refractivity (Wildman–Crippen MR) is 118 cm³/mol. The first kappa shape index (κ1) is 18.6. The molecule has 2 aromatic carbocycles. The van der Waals surface area contributed by atoms with Crippen LogP contribution in [0.25, 0.3) is 16.7 Å². The number of carbonyl (C=O) groups is 1. The molecule has 4 aromatic rings. The Hall–Kier alpha value is -3.47. The number of benzene rings is 2. The fourth-order valence-corrected chi connectivity index (χ4v) is 4.39. The third kappa shape index (κ3) is 2.98. The third-order valence-corrected chi connectivity index (χ3v) is 6.09. The SMILES string of the molecule is CC(C)c1ccc(C2CC(=O)c3cnc4[nH]n(-c5ccccc5)c(=O)c4c3C2)cc1. The number of nitrogens with one attached hydrogen (secondary N) is 1. The quantitative estimate of drug-likeness (QED) is 0.542.